The number of quaternary nitrogens is 1. The molecule has 5 nitrogen and oxygen atoms in total. The molecule has 0 saturated carbocycles. The van der Waals surface area contributed by atoms with E-state index in [1.807, 2.05) is 0 Å². The summed E-state index contributed by atoms with van der Waals surface area (Å²) in [6, 6.07) is 0. The minimum atomic E-state index is -1.08. The van der Waals surface area contributed by atoms with E-state index in [4.69, 9.17) is 9.90 Å². The van der Waals surface area contributed by atoms with Gasteiger partial charge in [0, 0.05) is 5.97 Å². The van der Waals surface area contributed by atoms with Crippen molar-refractivity contribution in [3.05, 3.63) is 0 Å². The van der Waals surface area contributed by atoms with Crippen LogP contribution in [-0.4, -0.2) is 17.2 Å². The Morgan fingerprint density at radius 1 is 1.10 bits per heavy atom. The van der Waals surface area contributed by atoms with Gasteiger partial charge < -0.3 is 26.3 Å². The van der Waals surface area contributed by atoms with Crippen LogP contribution in [0.15, 0.2) is 0 Å². The first-order valence-electron chi connectivity index (χ1n) is 2.11. The second-order valence-electron chi connectivity index (χ2n) is 1.40. The van der Waals surface area contributed by atoms with E-state index in [2.05, 4.69) is 0 Å². The van der Waals surface area contributed by atoms with Crippen LogP contribution in [0, 0.1) is 0 Å². The molecule has 0 aliphatic carbocycles. The van der Waals surface area contributed by atoms with E-state index >= 15 is 0 Å². The van der Waals surface area contributed by atoms with Gasteiger partial charge in [0.05, 0.1) is 0 Å². The molecule has 0 unspecified atom stereocenters. The van der Waals surface area contributed by atoms with Crippen molar-refractivity contribution in [3.63, 3.8) is 0 Å². The first kappa shape index (κ1) is 23.0. The molecule has 0 heterocycles. The van der Waals surface area contributed by atoms with Gasteiger partial charge in [-0.15, -0.1) is 0 Å². The van der Waals surface area contributed by atoms with Crippen LogP contribution in [0.3, 0.4) is 0 Å². The van der Waals surface area contributed by atoms with Gasteiger partial charge in [-0.05, 0) is 20.8 Å². The zero-order chi connectivity index (χ0) is 7.15. The van der Waals surface area contributed by atoms with Crippen molar-refractivity contribution in [2.75, 3.05) is 0 Å². The van der Waals surface area contributed by atoms with Gasteiger partial charge in [0.2, 0.25) is 0 Å². The van der Waals surface area contributed by atoms with Crippen LogP contribution in [0.2, 0.25) is 0 Å². The zero-order valence-corrected chi connectivity index (χ0v) is 6.72. The van der Waals surface area contributed by atoms with Crippen LogP contribution in [0.4, 0.5) is 0 Å². The molecule has 0 amide bonds. The summed E-state index contributed by atoms with van der Waals surface area (Å²) in [7, 11) is 0. The molecule has 0 aliphatic rings. The lowest BCUT2D eigenvalue weighted by Crippen LogP contribution is -2.16. The number of hydrogen-bond donors (Lipinski definition) is 1. The lowest BCUT2D eigenvalue weighted by Gasteiger charge is -1.77. The van der Waals surface area contributed by atoms with Crippen molar-refractivity contribution in [1.82, 2.24) is 6.15 Å². The molecule has 0 aromatic heterocycles. The van der Waals surface area contributed by atoms with E-state index in [0.29, 0.717) is 0 Å². The Hall–Kier alpha value is -0.940. The highest BCUT2D eigenvalue weighted by Gasteiger charge is 1.62. The molecule has 6 N–H and O–H groups in total. The number of aliphatic carboxylic acids is 1. The van der Waals surface area contributed by atoms with Crippen LogP contribution >= 0.6 is 0 Å². The average molecular weight is 153 g/mol. The molecular formula is C5H15NO4. The number of hydrogen-bond acceptors (Lipinski definition) is 3. The largest absolute Gasteiger partial charge is 0.550 e. The number of carbonyl (C=O) groups is 2. The Labute approximate surface area is 59.9 Å². The summed E-state index contributed by atoms with van der Waals surface area (Å²) < 4.78 is 0. The van der Waals surface area contributed by atoms with Crippen molar-refractivity contribution in [2.24, 2.45) is 0 Å². The second-order valence-corrected chi connectivity index (χ2v) is 1.40. The molecule has 0 atom stereocenters. The molecule has 0 radical (unpaired) electrons. The van der Waals surface area contributed by atoms with Crippen molar-refractivity contribution in [1.29, 1.82) is 0 Å². The molecular weight excluding hydrogens is 138 g/mol. The van der Waals surface area contributed by atoms with Gasteiger partial charge in [-0.25, -0.2) is 0 Å². The summed E-state index contributed by atoms with van der Waals surface area (Å²) in [5.41, 5.74) is 0. The van der Waals surface area contributed by atoms with Crippen molar-refractivity contribution >= 4 is 11.8 Å². The molecule has 64 valence electrons. The molecule has 5 heteroatoms. The summed E-state index contributed by atoms with van der Waals surface area (Å²) in [5, 5.41) is 8.89. The van der Waals surface area contributed by atoms with Gasteiger partial charge in [-0.3, -0.25) is 0 Å². The van der Waals surface area contributed by atoms with E-state index in [1.54, 1.807) is 0 Å². The van der Waals surface area contributed by atoms with Gasteiger partial charge in [0.15, 0.2) is 0 Å². The third kappa shape index (κ3) is 293. The van der Waals surface area contributed by atoms with E-state index in [9.17, 15) is 4.79 Å². The van der Waals surface area contributed by atoms with E-state index in [1.165, 1.54) is 13.8 Å². The summed E-state index contributed by atoms with van der Waals surface area (Å²) >= 11 is 0. The highest BCUT2D eigenvalue weighted by molar-refractivity contribution is 5.72. The first-order valence-corrected chi connectivity index (χ1v) is 2.11. The van der Waals surface area contributed by atoms with E-state index < -0.39 is 5.97 Å². The maximum absolute atomic E-state index is 9.44. The highest BCUT2D eigenvalue weighted by Crippen LogP contribution is 1.50. The number of carboxylic acid groups (broad SMARTS) is 1. The van der Waals surface area contributed by atoms with Crippen LogP contribution in [-0.2, 0) is 9.59 Å². The van der Waals surface area contributed by atoms with Gasteiger partial charge in [-0.1, -0.05) is 0 Å². The second kappa shape index (κ2) is 15.7. The topological polar surface area (TPSA) is 125 Å². The quantitative estimate of drug-likeness (QED) is 0.474. The normalized spacial score (nSPS) is 5.10. The lowest BCUT2D eigenvalue weighted by atomic mass is 10.6. The Bertz CT molecular complexity index is 71.6. The number of carbonyl (C=O) groups excluding carboxylic acids is 2. The Kier molecular flexibility index (Phi) is 36.1. The molecule has 0 aromatic carbocycles. The number of Topliss-reactive ketones (excluding diaryl/α,β-unsaturated/α-hetero) is 1. The zero-order valence-electron chi connectivity index (χ0n) is 6.72. The fraction of sp³-hybridized carbons (Fsp3) is 0.600. The summed E-state index contributed by atoms with van der Waals surface area (Å²) in [4.78, 5) is 18.3. The molecule has 0 bridgehead atoms. The number of carboxylic acids is 1. The summed E-state index contributed by atoms with van der Waals surface area (Å²) in [5.74, 6) is -0.917. The van der Waals surface area contributed by atoms with E-state index in [0.717, 1.165) is 6.92 Å². The monoisotopic (exact) mass is 153 g/mol. The standard InChI is InChI=1S/C3H6O.C2H4O2.H3N.H2O/c1-3(2)4;1-2(3)4;;/h1-2H3;1H3,(H,3,4);1H3;1H2. The van der Waals surface area contributed by atoms with Crippen molar-refractivity contribution < 1.29 is 20.2 Å². The highest BCUT2D eigenvalue weighted by atomic mass is 16.4. The van der Waals surface area contributed by atoms with Crippen LogP contribution in [0.5, 0.6) is 0 Å². The SMILES string of the molecule is CC(=O)[O-].CC(C)=O.O.[NH4+]. The van der Waals surface area contributed by atoms with Crippen molar-refractivity contribution in [2.45, 2.75) is 20.8 Å². The Balaban J connectivity index is -0.0000000300. The van der Waals surface area contributed by atoms with E-state index in [-0.39, 0.29) is 17.4 Å². The van der Waals surface area contributed by atoms with Crippen LogP contribution in [0.25, 0.3) is 0 Å². The lowest BCUT2D eigenvalue weighted by molar-refractivity contribution is -0.302. The first-order chi connectivity index (χ1) is 3.46. The molecule has 0 spiro atoms. The van der Waals surface area contributed by atoms with Crippen molar-refractivity contribution in [3.8, 4) is 0 Å². The number of rotatable bonds is 0. The fourth-order valence-corrected chi connectivity index (χ4v) is 0. The Morgan fingerprint density at radius 2 is 1.10 bits per heavy atom. The Morgan fingerprint density at radius 3 is 1.10 bits per heavy atom. The van der Waals surface area contributed by atoms with Crippen LogP contribution in [0.1, 0.15) is 20.8 Å². The summed E-state index contributed by atoms with van der Waals surface area (Å²) in [6.07, 6.45) is 0. The van der Waals surface area contributed by atoms with Crippen LogP contribution < -0.4 is 11.3 Å². The van der Waals surface area contributed by atoms with Gasteiger partial charge in [-0.2, -0.15) is 0 Å². The third-order valence-corrected chi connectivity index (χ3v) is 0. The van der Waals surface area contributed by atoms with Gasteiger partial charge in [0.25, 0.3) is 0 Å². The minimum absolute atomic E-state index is 0. The fourth-order valence-electron chi connectivity index (χ4n) is 0. The molecule has 0 aromatic rings. The predicted octanol–water partition coefficient (Wildman–Crippen LogP) is -1.10. The van der Waals surface area contributed by atoms with Gasteiger partial charge >= 0.3 is 0 Å². The molecule has 0 rings (SSSR count). The number of ketones is 1. The third-order valence-electron chi connectivity index (χ3n) is 0. The molecule has 0 aliphatic heterocycles. The maximum atomic E-state index is 9.44. The minimum Gasteiger partial charge on any atom is -0.550 e. The smallest absolute Gasteiger partial charge is 0.126 e. The molecule has 0 saturated heterocycles. The maximum Gasteiger partial charge on any atom is 0.126 e. The summed E-state index contributed by atoms with van der Waals surface area (Å²) in [6.45, 7) is 4.03. The molecule has 10 heavy (non-hydrogen) atoms. The average Bonchev–Trinajstić information content (AvgIpc) is 1.25. The predicted molar refractivity (Wildman–Crippen MR) is 36.6 cm³/mol. The van der Waals surface area contributed by atoms with Gasteiger partial charge in [0.1, 0.15) is 5.78 Å². The molecule has 0 fully saturated rings.